The Morgan fingerprint density at radius 1 is 1.22 bits per heavy atom. The molecule has 174 valence electrons. The average molecular weight is 445 g/mol. The number of halogens is 1. The minimum absolute atomic E-state index is 0.00604. The van der Waals surface area contributed by atoms with Crippen LogP contribution in [0.25, 0.3) is 0 Å². The minimum atomic E-state index is -1.35. The fraction of sp³-hybridized carbons (Fsp3) is 0.640. The third kappa shape index (κ3) is 4.45. The summed E-state index contributed by atoms with van der Waals surface area (Å²) < 4.78 is 19.9. The summed E-state index contributed by atoms with van der Waals surface area (Å²) in [6, 6.07) is 5.73. The standard InChI is InChI=1S/C25H33FN2O4/c1-2-12-27(17-21-11-6-13-32-21)22(29)15-25(18-7-5-8-19(26)14-18)16-23(30)28(24(25)31)20-9-3-4-10-20/h5,7-8,14,20-21H,2-4,6,9-13,15-17H2,1H3. The van der Waals surface area contributed by atoms with Gasteiger partial charge in [-0.3, -0.25) is 19.3 Å². The van der Waals surface area contributed by atoms with Gasteiger partial charge in [0.15, 0.2) is 0 Å². The molecular formula is C25H33FN2O4. The molecule has 1 aromatic carbocycles. The van der Waals surface area contributed by atoms with Gasteiger partial charge < -0.3 is 9.64 Å². The molecule has 2 heterocycles. The zero-order valence-corrected chi connectivity index (χ0v) is 18.9. The van der Waals surface area contributed by atoms with Crippen molar-refractivity contribution in [2.24, 2.45) is 0 Å². The van der Waals surface area contributed by atoms with Gasteiger partial charge in [0.05, 0.1) is 11.5 Å². The summed E-state index contributed by atoms with van der Waals surface area (Å²) in [5.74, 6) is -1.25. The van der Waals surface area contributed by atoms with Crippen molar-refractivity contribution >= 4 is 17.7 Å². The largest absolute Gasteiger partial charge is 0.376 e. The van der Waals surface area contributed by atoms with Gasteiger partial charge in [0.25, 0.3) is 0 Å². The molecule has 2 unspecified atom stereocenters. The minimum Gasteiger partial charge on any atom is -0.376 e. The Hall–Kier alpha value is -2.28. The highest BCUT2D eigenvalue weighted by molar-refractivity contribution is 6.11. The highest BCUT2D eigenvalue weighted by atomic mass is 19.1. The van der Waals surface area contributed by atoms with Gasteiger partial charge in [-0.1, -0.05) is 31.9 Å². The number of amides is 3. The summed E-state index contributed by atoms with van der Waals surface area (Å²) in [7, 11) is 0. The van der Waals surface area contributed by atoms with Crippen LogP contribution in [-0.2, 0) is 24.5 Å². The van der Waals surface area contributed by atoms with E-state index in [-0.39, 0.29) is 42.7 Å². The summed E-state index contributed by atoms with van der Waals surface area (Å²) in [6.45, 7) is 3.76. The molecule has 0 aromatic heterocycles. The van der Waals surface area contributed by atoms with Crippen LogP contribution < -0.4 is 0 Å². The molecule has 2 aliphatic heterocycles. The first kappa shape index (κ1) is 22.9. The monoisotopic (exact) mass is 444 g/mol. The Labute approximate surface area is 189 Å². The fourth-order valence-electron chi connectivity index (χ4n) is 5.54. The Morgan fingerprint density at radius 2 is 2.00 bits per heavy atom. The van der Waals surface area contributed by atoms with E-state index < -0.39 is 11.2 Å². The van der Waals surface area contributed by atoms with Crippen molar-refractivity contribution in [3.8, 4) is 0 Å². The van der Waals surface area contributed by atoms with Crippen molar-refractivity contribution in [2.45, 2.75) is 82.3 Å². The Balaban J connectivity index is 1.64. The first-order valence-corrected chi connectivity index (χ1v) is 12.0. The lowest BCUT2D eigenvalue weighted by Crippen LogP contribution is -2.47. The molecule has 3 amide bonds. The average Bonchev–Trinajstić information content (AvgIpc) is 3.51. The quantitative estimate of drug-likeness (QED) is 0.575. The van der Waals surface area contributed by atoms with E-state index in [1.54, 1.807) is 17.0 Å². The molecule has 1 aliphatic carbocycles. The van der Waals surface area contributed by atoms with Crippen LogP contribution in [0, 0.1) is 5.82 Å². The van der Waals surface area contributed by atoms with E-state index in [1.165, 1.54) is 17.0 Å². The summed E-state index contributed by atoms with van der Waals surface area (Å²) in [4.78, 5) is 43.5. The number of imide groups is 1. The van der Waals surface area contributed by atoms with Crippen LogP contribution >= 0.6 is 0 Å². The van der Waals surface area contributed by atoms with E-state index in [4.69, 9.17) is 4.74 Å². The van der Waals surface area contributed by atoms with Crippen molar-refractivity contribution < 1.29 is 23.5 Å². The normalized spacial score (nSPS) is 26.3. The third-order valence-electron chi connectivity index (χ3n) is 7.16. The zero-order chi connectivity index (χ0) is 22.7. The van der Waals surface area contributed by atoms with Gasteiger partial charge in [-0.15, -0.1) is 0 Å². The van der Waals surface area contributed by atoms with Crippen LogP contribution in [0.3, 0.4) is 0 Å². The molecule has 0 N–H and O–H groups in total. The molecular weight excluding hydrogens is 411 g/mol. The second-order valence-corrected chi connectivity index (χ2v) is 9.43. The number of carbonyl (C=O) groups is 3. The van der Waals surface area contributed by atoms with Crippen LogP contribution in [0.1, 0.15) is 70.3 Å². The van der Waals surface area contributed by atoms with Crippen molar-refractivity contribution in [3.63, 3.8) is 0 Å². The first-order chi connectivity index (χ1) is 15.4. The Morgan fingerprint density at radius 3 is 2.66 bits per heavy atom. The van der Waals surface area contributed by atoms with E-state index in [2.05, 4.69) is 0 Å². The number of hydrogen-bond donors (Lipinski definition) is 0. The number of carbonyl (C=O) groups excluding carboxylic acids is 3. The summed E-state index contributed by atoms with van der Waals surface area (Å²) in [5, 5.41) is 0. The summed E-state index contributed by atoms with van der Waals surface area (Å²) >= 11 is 0. The predicted molar refractivity (Wildman–Crippen MR) is 117 cm³/mol. The van der Waals surface area contributed by atoms with Gasteiger partial charge in [0.1, 0.15) is 5.82 Å². The molecule has 2 atom stereocenters. The second-order valence-electron chi connectivity index (χ2n) is 9.43. The van der Waals surface area contributed by atoms with Gasteiger partial charge >= 0.3 is 0 Å². The van der Waals surface area contributed by atoms with E-state index in [0.29, 0.717) is 25.3 Å². The molecule has 7 heteroatoms. The topological polar surface area (TPSA) is 66.9 Å². The molecule has 1 aromatic rings. The second kappa shape index (κ2) is 9.69. The van der Waals surface area contributed by atoms with E-state index >= 15 is 0 Å². The number of ether oxygens (including phenoxy) is 1. The number of nitrogens with zero attached hydrogens (tertiary/aromatic N) is 2. The fourth-order valence-corrected chi connectivity index (χ4v) is 5.54. The summed E-state index contributed by atoms with van der Waals surface area (Å²) in [6.07, 6.45) is 6.04. The molecule has 3 aliphatic rings. The molecule has 0 spiro atoms. The zero-order valence-electron chi connectivity index (χ0n) is 18.9. The maximum atomic E-state index is 14.2. The highest BCUT2D eigenvalue weighted by Gasteiger charge is 2.56. The van der Waals surface area contributed by atoms with Crippen molar-refractivity contribution in [1.82, 2.24) is 9.80 Å². The van der Waals surface area contributed by atoms with Crippen LogP contribution in [-0.4, -0.2) is 59.4 Å². The van der Waals surface area contributed by atoms with Crippen molar-refractivity contribution in [3.05, 3.63) is 35.6 Å². The molecule has 0 bridgehead atoms. The summed E-state index contributed by atoms with van der Waals surface area (Å²) in [5.41, 5.74) is -0.931. The Kier molecular flexibility index (Phi) is 6.93. The van der Waals surface area contributed by atoms with Crippen molar-refractivity contribution in [1.29, 1.82) is 0 Å². The molecule has 3 fully saturated rings. The highest BCUT2D eigenvalue weighted by Crippen LogP contribution is 2.43. The van der Waals surface area contributed by atoms with Gasteiger partial charge in [-0.05, 0) is 49.8 Å². The maximum absolute atomic E-state index is 14.2. The SMILES string of the molecule is CCCN(CC1CCCO1)C(=O)CC1(c2cccc(F)c2)CC(=O)N(C2CCCC2)C1=O. The lowest BCUT2D eigenvalue weighted by Gasteiger charge is -2.32. The van der Waals surface area contributed by atoms with E-state index in [1.807, 2.05) is 6.92 Å². The molecule has 1 saturated carbocycles. The lowest BCUT2D eigenvalue weighted by atomic mass is 9.75. The molecule has 6 nitrogen and oxygen atoms in total. The molecule has 4 rings (SSSR count). The van der Waals surface area contributed by atoms with E-state index in [9.17, 15) is 18.8 Å². The molecule has 2 saturated heterocycles. The van der Waals surface area contributed by atoms with Gasteiger partial charge in [-0.25, -0.2) is 4.39 Å². The van der Waals surface area contributed by atoms with Crippen LogP contribution in [0.2, 0.25) is 0 Å². The smallest absolute Gasteiger partial charge is 0.241 e. The van der Waals surface area contributed by atoms with Gasteiger partial charge in [-0.2, -0.15) is 0 Å². The first-order valence-electron chi connectivity index (χ1n) is 12.0. The number of likely N-dealkylation sites (tertiary alicyclic amines) is 1. The molecule has 32 heavy (non-hydrogen) atoms. The van der Waals surface area contributed by atoms with E-state index in [0.717, 1.165) is 44.9 Å². The number of rotatable bonds is 8. The lowest BCUT2D eigenvalue weighted by molar-refractivity contribution is -0.145. The van der Waals surface area contributed by atoms with Gasteiger partial charge in [0, 0.05) is 38.6 Å². The maximum Gasteiger partial charge on any atom is 0.241 e. The van der Waals surface area contributed by atoms with Crippen LogP contribution in [0.5, 0.6) is 0 Å². The third-order valence-corrected chi connectivity index (χ3v) is 7.16. The van der Waals surface area contributed by atoms with Crippen molar-refractivity contribution in [2.75, 3.05) is 19.7 Å². The van der Waals surface area contributed by atoms with Crippen LogP contribution in [0.15, 0.2) is 24.3 Å². The number of benzene rings is 1. The Bertz CT molecular complexity index is 863. The van der Waals surface area contributed by atoms with Crippen LogP contribution in [0.4, 0.5) is 4.39 Å². The number of hydrogen-bond acceptors (Lipinski definition) is 4. The molecule has 0 radical (unpaired) electrons. The predicted octanol–water partition coefficient (Wildman–Crippen LogP) is 3.57. The van der Waals surface area contributed by atoms with Gasteiger partial charge in [0.2, 0.25) is 17.7 Å².